The van der Waals surface area contributed by atoms with E-state index in [2.05, 4.69) is 36.6 Å². The molecule has 0 aliphatic rings. The summed E-state index contributed by atoms with van der Waals surface area (Å²) in [5.41, 5.74) is 2.10. The molecule has 7 heteroatoms. The van der Waals surface area contributed by atoms with Crippen LogP contribution in [-0.2, 0) is 11.2 Å². The minimum Gasteiger partial charge on any atom is -0.506 e. The zero-order valence-corrected chi connectivity index (χ0v) is 27.1. The summed E-state index contributed by atoms with van der Waals surface area (Å²) in [7, 11) is 0. The average Bonchev–Trinajstić information content (AvgIpc) is 3.03. The van der Waals surface area contributed by atoms with Crippen LogP contribution >= 0.6 is 11.6 Å². The summed E-state index contributed by atoms with van der Waals surface area (Å²) in [6.45, 7) is 4.41. The van der Waals surface area contributed by atoms with Crippen molar-refractivity contribution in [3.63, 3.8) is 0 Å². The first-order chi connectivity index (χ1) is 21.4. The van der Waals surface area contributed by atoms with Crippen molar-refractivity contribution in [1.29, 1.82) is 0 Å². The first-order valence-electron chi connectivity index (χ1n) is 16.4. The molecule has 0 spiro atoms. The van der Waals surface area contributed by atoms with Gasteiger partial charge in [0.15, 0.2) is 6.10 Å². The number of aromatic hydroxyl groups is 1. The molecule has 1 atom stereocenters. The standard InChI is InChI=1S/C37H49ClN2O4/c1-3-5-7-8-9-10-11-12-13-17-21-35(44-30-24-22-28(23-25-30)18-6-4-2)37(43)39-32-27-34(41)33(26-31(32)38)40-36(42)29-19-15-14-16-20-29/h14-16,19-20,22-27,35,41H,3-13,17-18,21H2,1-2H3,(H,39,43)(H,40,42). The van der Waals surface area contributed by atoms with E-state index in [1.54, 1.807) is 24.3 Å². The number of phenols is 1. The number of halogens is 1. The molecule has 3 aromatic rings. The van der Waals surface area contributed by atoms with Crippen molar-refractivity contribution >= 4 is 34.8 Å². The number of anilines is 2. The number of benzene rings is 3. The maximum atomic E-state index is 13.5. The lowest BCUT2D eigenvalue weighted by Gasteiger charge is -2.20. The van der Waals surface area contributed by atoms with Gasteiger partial charge in [-0.1, -0.05) is 120 Å². The van der Waals surface area contributed by atoms with E-state index in [0.717, 1.165) is 38.5 Å². The van der Waals surface area contributed by atoms with Gasteiger partial charge in [0.25, 0.3) is 11.8 Å². The molecule has 0 bridgehead atoms. The van der Waals surface area contributed by atoms with Crippen molar-refractivity contribution in [2.24, 2.45) is 0 Å². The zero-order chi connectivity index (χ0) is 31.6. The first kappa shape index (κ1) is 35.0. The van der Waals surface area contributed by atoms with E-state index in [1.807, 2.05) is 18.2 Å². The van der Waals surface area contributed by atoms with Crippen molar-refractivity contribution in [2.45, 2.75) is 110 Å². The quantitative estimate of drug-likeness (QED) is 0.0866. The Morgan fingerprint density at radius 1 is 0.750 bits per heavy atom. The predicted molar refractivity (Wildman–Crippen MR) is 182 cm³/mol. The molecule has 1 unspecified atom stereocenters. The molecule has 0 aliphatic carbocycles. The van der Waals surface area contributed by atoms with Gasteiger partial charge < -0.3 is 20.5 Å². The smallest absolute Gasteiger partial charge is 0.265 e. The van der Waals surface area contributed by atoms with Crippen molar-refractivity contribution < 1.29 is 19.4 Å². The Bertz CT molecular complexity index is 1280. The summed E-state index contributed by atoms with van der Waals surface area (Å²) in [6.07, 6.45) is 15.2. The summed E-state index contributed by atoms with van der Waals surface area (Å²) in [4.78, 5) is 26.0. The Morgan fingerprint density at radius 2 is 1.36 bits per heavy atom. The molecule has 0 fully saturated rings. The molecule has 0 heterocycles. The third-order valence-corrected chi connectivity index (χ3v) is 8.07. The van der Waals surface area contributed by atoms with Crippen LogP contribution in [0, 0.1) is 0 Å². The predicted octanol–water partition coefficient (Wildman–Crippen LogP) is 10.3. The van der Waals surface area contributed by atoms with Crippen LogP contribution in [0.4, 0.5) is 11.4 Å². The van der Waals surface area contributed by atoms with Gasteiger partial charge in [-0.05, 0) is 61.6 Å². The fourth-order valence-electron chi connectivity index (χ4n) is 5.10. The van der Waals surface area contributed by atoms with Gasteiger partial charge in [0.05, 0.1) is 16.4 Å². The van der Waals surface area contributed by atoms with Crippen molar-refractivity contribution in [2.75, 3.05) is 10.6 Å². The number of carbonyl (C=O) groups is 2. The maximum Gasteiger partial charge on any atom is 0.265 e. The highest BCUT2D eigenvalue weighted by atomic mass is 35.5. The second kappa shape index (κ2) is 19.7. The molecule has 238 valence electrons. The van der Waals surface area contributed by atoms with E-state index >= 15 is 0 Å². The van der Waals surface area contributed by atoms with E-state index in [-0.39, 0.29) is 34.0 Å². The summed E-state index contributed by atoms with van der Waals surface area (Å²) < 4.78 is 6.21. The fourth-order valence-corrected chi connectivity index (χ4v) is 5.31. The Morgan fingerprint density at radius 3 is 2.00 bits per heavy atom. The normalized spacial score (nSPS) is 11.6. The number of ether oxygens (including phenoxy) is 1. The van der Waals surface area contributed by atoms with Gasteiger partial charge >= 0.3 is 0 Å². The monoisotopic (exact) mass is 620 g/mol. The molecule has 0 saturated heterocycles. The van der Waals surface area contributed by atoms with Gasteiger partial charge in [0.2, 0.25) is 0 Å². The Hall–Kier alpha value is -3.51. The lowest BCUT2D eigenvalue weighted by atomic mass is 10.0. The average molecular weight is 621 g/mol. The molecule has 6 nitrogen and oxygen atoms in total. The Kier molecular flexibility index (Phi) is 15.7. The van der Waals surface area contributed by atoms with Gasteiger partial charge in [-0.3, -0.25) is 9.59 Å². The number of unbranched alkanes of at least 4 members (excludes halogenated alkanes) is 10. The molecule has 0 radical (unpaired) electrons. The largest absolute Gasteiger partial charge is 0.506 e. The second-order valence-electron chi connectivity index (χ2n) is 11.5. The lowest BCUT2D eigenvalue weighted by Crippen LogP contribution is -2.33. The summed E-state index contributed by atoms with van der Waals surface area (Å²) in [6, 6.07) is 19.4. The van der Waals surface area contributed by atoms with Gasteiger partial charge in [-0.2, -0.15) is 0 Å². The molecule has 0 aromatic heterocycles. The second-order valence-corrected chi connectivity index (χ2v) is 11.9. The molecule has 0 saturated carbocycles. The summed E-state index contributed by atoms with van der Waals surface area (Å²) in [5, 5.41) is 16.3. The molecule has 3 N–H and O–H groups in total. The summed E-state index contributed by atoms with van der Waals surface area (Å²) in [5.74, 6) is -0.271. The van der Waals surface area contributed by atoms with Gasteiger partial charge in [-0.25, -0.2) is 0 Å². The number of hydrogen-bond donors (Lipinski definition) is 3. The number of amides is 2. The minimum atomic E-state index is -0.721. The topological polar surface area (TPSA) is 87.7 Å². The van der Waals surface area contributed by atoms with Crippen LogP contribution in [0.5, 0.6) is 11.5 Å². The number of phenolic OH excluding ortho intramolecular Hbond substituents is 1. The van der Waals surface area contributed by atoms with Gasteiger partial charge in [-0.15, -0.1) is 0 Å². The van der Waals surface area contributed by atoms with Crippen LogP contribution in [0.15, 0.2) is 66.7 Å². The SMILES string of the molecule is CCCCCCCCCCCCC(Oc1ccc(CCCC)cc1)C(=O)Nc1cc(O)c(NC(=O)c2ccccc2)cc1Cl. The molecule has 3 aromatic carbocycles. The molecular weight excluding hydrogens is 572 g/mol. The zero-order valence-electron chi connectivity index (χ0n) is 26.4. The highest BCUT2D eigenvalue weighted by molar-refractivity contribution is 6.34. The number of rotatable bonds is 20. The first-order valence-corrected chi connectivity index (χ1v) is 16.7. The van der Waals surface area contributed by atoms with E-state index in [1.165, 1.54) is 62.6 Å². The molecule has 2 amide bonds. The third kappa shape index (κ3) is 12.2. The van der Waals surface area contributed by atoms with Crippen LogP contribution in [-0.4, -0.2) is 23.0 Å². The maximum absolute atomic E-state index is 13.5. The van der Waals surface area contributed by atoms with Crippen LogP contribution < -0.4 is 15.4 Å². The summed E-state index contributed by atoms with van der Waals surface area (Å²) >= 11 is 6.50. The number of hydrogen-bond acceptors (Lipinski definition) is 4. The van der Waals surface area contributed by atoms with Crippen LogP contribution in [0.1, 0.15) is 113 Å². The molecular formula is C37H49ClN2O4. The van der Waals surface area contributed by atoms with Gasteiger partial charge in [0, 0.05) is 11.6 Å². The van der Waals surface area contributed by atoms with E-state index in [4.69, 9.17) is 16.3 Å². The van der Waals surface area contributed by atoms with E-state index in [0.29, 0.717) is 17.7 Å². The van der Waals surface area contributed by atoms with Crippen molar-refractivity contribution in [3.8, 4) is 11.5 Å². The van der Waals surface area contributed by atoms with Gasteiger partial charge in [0.1, 0.15) is 11.5 Å². The van der Waals surface area contributed by atoms with Crippen LogP contribution in [0.25, 0.3) is 0 Å². The molecule has 44 heavy (non-hydrogen) atoms. The number of aryl methyl sites for hydroxylation is 1. The highest BCUT2D eigenvalue weighted by Crippen LogP contribution is 2.34. The fraction of sp³-hybridized carbons (Fsp3) is 0.459. The van der Waals surface area contributed by atoms with E-state index < -0.39 is 6.10 Å². The van der Waals surface area contributed by atoms with Crippen molar-refractivity contribution in [3.05, 3.63) is 82.9 Å². The molecule has 3 rings (SSSR count). The Labute approximate surface area is 268 Å². The molecule has 0 aliphatic heterocycles. The van der Waals surface area contributed by atoms with Crippen LogP contribution in [0.3, 0.4) is 0 Å². The van der Waals surface area contributed by atoms with Crippen molar-refractivity contribution in [1.82, 2.24) is 0 Å². The highest BCUT2D eigenvalue weighted by Gasteiger charge is 2.22. The van der Waals surface area contributed by atoms with Crippen LogP contribution in [0.2, 0.25) is 5.02 Å². The lowest BCUT2D eigenvalue weighted by molar-refractivity contribution is -0.123. The third-order valence-electron chi connectivity index (χ3n) is 7.76. The van der Waals surface area contributed by atoms with E-state index in [9.17, 15) is 14.7 Å². The Balaban J connectivity index is 1.61. The minimum absolute atomic E-state index is 0.156. The number of nitrogens with one attached hydrogen (secondary N) is 2. The number of carbonyl (C=O) groups excluding carboxylic acids is 2.